The number of fused-ring (bicyclic) bond motifs is 1. The van der Waals surface area contributed by atoms with E-state index < -0.39 is 17.3 Å². The number of carbonyl (C=O) groups excluding carboxylic acids is 1. The van der Waals surface area contributed by atoms with Gasteiger partial charge in [0.2, 0.25) is 0 Å². The second-order valence-corrected chi connectivity index (χ2v) is 4.84. The molecule has 1 N–H and O–H groups in total. The number of nitrogens with one attached hydrogen (secondary N) is 1. The number of amides is 1. The summed E-state index contributed by atoms with van der Waals surface area (Å²) < 4.78 is 15.0. The van der Waals surface area contributed by atoms with E-state index in [2.05, 4.69) is 10.3 Å². The van der Waals surface area contributed by atoms with Gasteiger partial charge < -0.3 is 5.32 Å². The van der Waals surface area contributed by atoms with Crippen molar-refractivity contribution in [1.82, 2.24) is 9.38 Å². The van der Waals surface area contributed by atoms with E-state index in [-0.39, 0.29) is 11.3 Å². The Morgan fingerprint density at radius 3 is 2.91 bits per heavy atom. The summed E-state index contributed by atoms with van der Waals surface area (Å²) in [6, 6.07) is 9.41. The molecule has 0 unspecified atom stereocenters. The SMILES string of the molecule is Cc1ccc(F)c(NC(=O)c2cnc3ccccn3c2=O)c1. The first-order valence-corrected chi connectivity index (χ1v) is 6.60. The number of carbonyl (C=O) groups is 1. The summed E-state index contributed by atoms with van der Waals surface area (Å²) in [5.41, 5.74) is 0.610. The van der Waals surface area contributed by atoms with Gasteiger partial charge in [-0.1, -0.05) is 12.1 Å². The Morgan fingerprint density at radius 1 is 1.27 bits per heavy atom. The topological polar surface area (TPSA) is 63.5 Å². The van der Waals surface area contributed by atoms with Crippen LogP contribution in [0.5, 0.6) is 0 Å². The molecule has 0 radical (unpaired) electrons. The van der Waals surface area contributed by atoms with Gasteiger partial charge in [0.15, 0.2) is 0 Å². The zero-order valence-electron chi connectivity index (χ0n) is 11.7. The van der Waals surface area contributed by atoms with E-state index in [1.165, 1.54) is 28.9 Å². The average Bonchev–Trinajstić information content (AvgIpc) is 2.51. The largest absolute Gasteiger partial charge is 0.319 e. The number of rotatable bonds is 2. The van der Waals surface area contributed by atoms with Gasteiger partial charge in [0.05, 0.1) is 5.69 Å². The minimum atomic E-state index is -0.694. The minimum absolute atomic E-state index is 0.0301. The summed E-state index contributed by atoms with van der Waals surface area (Å²) in [4.78, 5) is 28.5. The first-order chi connectivity index (χ1) is 10.6. The molecule has 3 rings (SSSR count). The van der Waals surface area contributed by atoms with Crippen molar-refractivity contribution in [2.24, 2.45) is 0 Å². The summed E-state index contributed by atoms with van der Waals surface area (Å²) in [6.07, 6.45) is 2.72. The maximum absolute atomic E-state index is 13.7. The Labute approximate surface area is 125 Å². The fourth-order valence-corrected chi connectivity index (χ4v) is 2.11. The number of aromatic nitrogens is 2. The van der Waals surface area contributed by atoms with Crippen molar-refractivity contribution < 1.29 is 9.18 Å². The van der Waals surface area contributed by atoms with Crippen LogP contribution in [0.4, 0.5) is 10.1 Å². The highest BCUT2D eigenvalue weighted by molar-refractivity contribution is 6.04. The lowest BCUT2D eigenvalue weighted by Gasteiger charge is -2.07. The molecule has 3 aromatic rings. The Kier molecular flexibility index (Phi) is 3.42. The highest BCUT2D eigenvalue weighted by atomic mass is 19.1. The van der Waals surface area contributed by atoms with E-state index in [4.69, 9.17) is 0 Å². The molecule has 110 valence electrons. The van der Waals surface area contributed by atoms with Crippen LogP contribution in [0, 0.1) is 12.7 Å². The second-order valence-electron chi connectivity index (χ2n) is 4.84. The Bertz CT molecular complexity index is 934. The molecule has 0 fully saturated rings. The molecule has 22 heavy (non-hydrogen) atoms. The van der Waals surface area contributed by atoms with Crippen molar-refractivity contribution in [3.8, 4) is 0 Å². The number of nitrogens with zero attached hydrogens (tertiary/aromatic N) is 2. The van der Waals surface area contributed by atoms with Crippen LogP contribution >= 0.6 is 0 Å². The molecule has 0 bridgehead atoms. The van der Waals surface area contributed by atoms with Crippen LogP contribution < -0.4 is 10.9 Å². The fourth-order valence-electron chi connectivity index (χ4n) is 2.11. The highest BCUT2D eigenvalue weighted by Crippen LogP contribution is 2.16. The maximum Gasteiger partial charge on any atom is 0.270 e. The van der Waals surface area contributed by atoms with Crippen molar-refractivity contribution >= 4 is 17.2 Å². The Morgan fingerprint density at radius 2 is 2.09 bits per heavy atom. The van der Waals surface area contributed by atoms with Crippen LogP contribution in [0.25, 0.3) is 5.65 Å². The molecule has 0 aliphatic carbocycles. The molecule has 1 amide bonds. The molecule has 0 atom stereocenters. The standard InChI is InChI=1S/C16H12FN3O2/c1-10-5-6-12(17)13(8-10)19-15(21)11-9-18-14-4-2-3-7-20(14)16(11)22/h2-9H,1H3,(H,19,21). The number of pyridine rings is 1. The summed E-state index contributed by atoms with van der Waals surface area (Å²) in [5.74, 6) is -1.26. The van der Waals surface area contributed by atoms with Crippen LogP contribution in [-0.4, -0.2) is 15.3 Å². The van der Waals surface area contributed by atoms with Gasteiger partial charge in [-0.25, -0.2) is 9.37 Å². The highest BCUT2D eigenvalue weighted by Gasteiger charge is 2.15. The second kappa shape index (κ2) is 5.40. The van der Waals surface area contributed by atoms with Crippen LogP contribution in [-0.2, 0) is 0 Å². The number of halogens is 1. The van der Waals surface area contributed by atoms with Gasteiger partial charge in [0.25, 0.3) is 11.5 Å². The van der Waals surface area contributed by atoms with Crippen LogP contribution in [0.1, 0.15) is 15.9 Å². The Hall–Kier alpha value is -3.02. The third-order valence-corrected chi connectivity index (χ3v) is 3.23. The zero-order valence-corrected chi connectivity index (χ0v) is 11.7. The number of aryl methyl sites for hydroxylation is 1. The summed E-state index contributed by atoms with van der Waals surface area (Å²) in [5, 5.41) is 2.41. The number of anilines is 1. The van der Waals surface area contributed by atoms with Crippen molar-refractivity contribution in [1.29, 1.82) is 0 Å². The zero-order chi connectivity index (χ0) is 15.7. The van der Waals surface area contributed by atoms with Crippen molar-refractivity contribution in [3.05, 3.63) is 76.1 Å². The van der Waals surface area contributed by atoms with E-state index in [1.807, 2.05) is 0 Å². The lowest BCUT2D eigenvalue weighted by Crippen LogP contribution is -2.26. The van der Waals surface area contributed by atoms with Crippen LogP contribution in [0.15, 0.2) is 53.6 Å². The molecule has 0 saturated carbocycles. The normalized spacial score (nSPS) is 10.6. The number of hydrogen-bond acceptors (Lipinski definition) is 3. The van der Waals surface area contributed by atoms with Crippen molar-refractivity contribution in [2.45, 2.75) is 6.92 Å². The molecular weight excluding hydrogens is 285 g/mol. The Balaban J connectivity index is 2.01. The first kappa shape index (κ1) is 13.9. The van der Waals surface area contributed by atoms with E-state index in [0.717, 1.165) is 5.56 Å². The predicted octanol–water partition coefficient (Wildman–Crippen LogP) is 2.39. The molecule has 1 aromatic carbocycles. The van der Waals surface area contributed by atoms with Gasteiger partial charge in [-0.15, -0.1) is 0 Å². The van der Waals surface area contributed by atoms with Gasteiger partial charge in [-0.2, -0.15) is 0 Å². The van der Waals surface area contributed by atoms with Gasteiger partial charge in [-0.3, -0.25) is 14.0 Å². The van der Waals surface area contributed by atoms with Crippen LogP contribution in [0.3, 0.4) is 0 Å². The third kappa shape index (κ3) is 2.46. The van der Waals surface area contributed by atoms with E-state index in [0.29, 0.717) is 5.65 Å². The van der Waals surface area contributed by atoms with Crippen molar-refractivity contribution in [2.75, 3.05) is 5.32 Å². The van der Waals surface area contributed by atoms with Gasteiger partial charge in [0.1, 0.15) is 17.0 Å². The maximum atomic E-state index is 13.7. The molecule has 0 spiro atoms. The van der Waals surface area contributed by atoms with E-state index >= 15 is 0 Å². The van der Waals surface area contributed by atoms with Gasteiger partial charge >= 0.3 is 0 Å². The molecular formula is C16H12FN3O2. The van der Waals surface area contributed by atoms with Crippen molar-refractivity contribution in [3.63, 3.8) is 0 Å². The number of benzene rings is 1. The molecule has 0 aliphatic rings. The monoisotopic (exact) mass is 297 g/mol. The minimum Gasteiger partial charge on any atom is -0.319 e. The quantitative estimate of drug-likeness (QED) is 0.790. The molecule has 0 saturated heterocycles. The summed E-state index contributed by atoms with van der Waals surface area (Å²) >= 11 is 0. The summed E-state index contributed by atoms with van der Waals surface area (Å²) in [7, 11) is 0. The van der Waals surface area contributed by atoms with E-state index in [9.17, 15) is 14.0 Å². The molecule has 6 heteroatoms. The first-order valence-electron chi connectivity index (χ1n) is 6.60. The average molecular weight is 297 g/mol. The van der Waals surface area contributed by atoms with E-state index in [1.54, 1.807) is 31.2 Å². The van der Waals surface area contributed by atoms with Crippen LogP contribution in [0.2, 0.25) is 0 Å². The lowest BCUT2D eigenvalue weighted by molar-refractivity contribution is 0.102. The molecule has 0 aliphatic heterocycles. The smallest absolute Gasteiger partial charge is 0.270 e. The third-order valence-electron chi connectivity index (χ3n) is 3.23. The predicted molar refractivity (Wildman–Crippen MR) is 80.6 cm³/mol. The molecule has 5 nitrogen and oxygen atoms in total. The fraction of sp³-hybridized carbons (Fsp3) is 0.0625. The lowest BCUT2D eigenvalue weighted by atomic mass is 10.2. The van der Waals surface area contributed by atoms with Gasteiger partial charge in [0, 0.05) is 12.4 Å². The summed E-state index contributed by atoms with van der Waals surface area (Å²) in [6.45, 7) is 1.78. The van der Waals surface area contributed by atoms with Gasteiger partial charge in [-0.05, 0) is 36.8 Å². The molecule has 2 aromatic heterocycles. The molecule has 2 heterocycles. The number of hydrogen-bond donors (Lipinski definition) is 1.